The van der Waals surface area contributed by atoms with E-state index in [2.05, 4.69) is 6.58 Å². The zero-order valence-electron chi connectivity index (χ0n) is 13.1. The van der Waals surface area contributed by atoms with E-state index >= 15 is 0 Å². The molecule has 0 amide bonds. The molecule has 0 saturated carbocycles. The highest BCUT2D eigenvalue weighted by Gasteiger charge is 2.14. The topological polar surface area (TPSA) is 37.3 Å². The largest absolute Gasteiger partial charge is 0.478 e. The Morgan fingerprint density at radius 2 is 1.61 bits per heavy atom. The van der Waals surface area contributed by atoms with Gasteiger partial charge < -0.3 is 5.11 Å². The fourth-order valence-corrected chi connectivity index (χ4v) is 2.26. The highest BCUT2D eigenvalue weighted by atomic mass is 16.4. The lowest BCUT2D eigenvalue weighted by Crippen LogP contribution is -2.08. The number of hydrogen-bond donors (Lipinski definition) is 1. The number of carboxylic acids is 1. The predicted octanol–water partition coefficient (Wildman–Crippen LogP) is 5.06. The van der Waals surface area contributed by atoms with Gasteiger partial charge in [0.05, 0.1) is 0 Å². The summed E-state index contributed by atoms with van der Waals surface area (Å²) in [4.78, 5) is 11.3. The summed E-state index contributed by atoms with van der Waals surface area (Å²) in [7, 11) is 0. The Balaban J connectivity index is 2.30. The van der Waals surface area contributed by atoms with Crippen LogP contribution >= 0.6 is 0 Å². The molecule has 1 N–H and O–H groups in total. The molecule has 0 spiro atoms. The summed E-state index contributed by atoms with van der Waals surface area (Å²) < 4.78 is 0. The monoisotopic (exact) mass is 304 g/mol. The number of benzene rings is 2. The Morgan fingerprint density at radius 3 is 2.17 bits per heavy atom. The lowest BCUT2D eigenvalue weighted by atomic mass is 9.94. The highest BCUT2D eigenvalue weighted by molar-refractivity contribution is 5.88. The third kappa shape index (κ3) is 4.82. The molecule has 116 valence electrons. The minimum Gasteiger partial charge on any atom is -0.478 e. The fraction of sp³-hybridized carbons (Fsp3) is 0.0952. The Bertz CT molecular complexity index is 725. The van der Waals surface area contributed by atoms with Crippen molar-refractivity contribution in [2.24, 2.45) is 5.92 Å². The van der Waals surface area contributed by atoms with Gasteiger partial charge in [-0.25, -0.2) is 4.79 Å². The van der Waals surface area contributed by atoms with Crippen molar-refractivity contribution >= 4 is 17.6 Å². The molecule has 2 aromatic rings. The molecule has 2 heteroatoms. The molecule has 0 saturated heterocycles. The number of hydrogen-bond acceptors (Lipinski definition) is 1. The van der Waals surface area contributed by atoms with Crippen molar-refractivity contribution in [3.8, 4) is 0 Å². The van der Waals surface area contributed by atoms with E-state index in [0.717, 1.165) is 16.7 Å². The lowest BCUT2D eigenvalue weighted by molar-refractivity contribution is -0.132. The van der Waals surface area contributed by atoms with E-state index in [1.54, 1.807) is 0 Å². The van der Waals surface area contributed by atoms with E-state index in [1.807, 2.05) is 85.8 Å². The first-order chi connectivity index (χ1) is 11.1. The van der Waals surface area contributed by atoms with Gasteiger partial charge in [-0.3, -0.25) is 0 Å². The molecule has 0 aliphatic rings. The molecule has 0 radical (unpaired) electrons. The van der Waals surface area contributed by atoms with Crippen molar-refractivity contribution < 1.29 is 9.90 Å². The third-order valence-electron chi connectivity index (χ3n) is 3.63. The average Bonchev–Trinajstić information content (AvgIpc) is 2.59. The van der Waals surface area contributed by atoms with Gasteiger partial charge in [0.25, 0.3) is 0 Å². The van der Waals surface area contributed by atoms with Crippen LogP contribution in [0.5, 0.6) is 0 Å². The lowest BCUT2D eigenvalue weighted by Gasteiger charge is -2.10. The van der Waals surface area contributed by atoms with Gasteiger partial charge in [0.2, 0.25) is 0 Å². The number of allylic oxidation sites excluding steroid dienone is 3. The number of carboxylic acid groups (broad SMARTS) is 1. The average molecular weight is 304 g/mol. The number of rotatable bonds is 6. The molecule has 2 nitrogen and oxygen atoms in total. The van der Waals surface area contributed by atoms with Crippen LogP contribution in [0.4, 0.5) is 0 Å². The zero-order valence-corrected chi connectivity index (χ0v) is 13.1. The van der Waals surface area contributed by atoms with Crippen LogP contribution in [0.1, 0.15) is 18.1 Å². The molecule has 0 bridgehead atoms. The molecule has 0 aliphatic heterocycles. The first-order valence-corrected chi connectivity index (χ1v) is 7.47. The van der Waals surface area contributed by atoms with Crippen molar-refractivity contribution in [2.45, 2.75) is 6.92 Å². The van der Waals surface area contributed by atoms with E-state index in [4.69, 9.17) is 0 Å². The SMILES string of the molecule is C=C(C(=O)O)C(C=Cc1ccccc1)C=C(C)c1ccccc1. The van der Waals surface area contributed by atoms with Gasteiger partial charge in [0, 0.05) is 11.5 Å². The van der Waals surface area contributed by atoms with Crippen LogP contribution in [0.25, 0.3) is 11.6 Å². The summed E-state index contributed by atoms with van der Waals surface area (Å²) in [5, 5.41) is 9.27. The summed E-state index contributed by atoms with van der Waals surface area (Å²) in [6.07, 6.45) is 5.73. The van der Waals surface area contributed by atoms with Gasteiger partial charge in [0.1, 0.15) is 0 Å². The van der Waals surface area contributed by atoms with Crippen LogP contribution in [0.15, 0.2) is 85.0 Å². The first-order valence-electron chi connectivity index (χ1n) is 7.47. The second-order valence-corrected chi connectivity index (χ2v) is 5.34. The van der Waals surface area contributed by atoms with Crippen molar-refractivity contribution in [3.63, 3.8) is 0 Å². The summed E-state index contributed by atoms with van der Waals surface area (Å²) in [5.74, 6) is -1.34. The minimum atomic E-state index is -0.982. The summed E-state index contributed by atoms with van der Waals surface area (Å²) in [6, 6.07) is 19.7. The maximum absolute atomic E-state index is 11.3. The van der Waals surface area contributed by atoms with Gasteiger partial charge in [0.15, 0.2) is 0 Å². The van der Waals surface area contributed by atoms with Crippen molar-refractivity contribution in [3.05, 3.63) is 96.1 Å². The Hall–Kier alpha value is -2.87. The number of carbonyl (C=O) groups is 1. The van der Waals surface area contributed by atoms with E-state index in [0.29, 0.717) is 0 Å². The second kappa shape index (κ2) is 7.95. The van der Waals surface area contributed by atoms with Crippen LogP contribution < -0.4 is 0 Å². The van der Waals surface area contributed by atoms with E-state index < -0.39 is 5.97 Å². The van der Waals surface area contributed by atoms with Crippen LogP contribution in [0.3, 0.4) is 0 Å². The Morgan fingerprint density at radius 1 is 1.04 bits per heavy atom. The molecular formula is C21H20O2. The van der Waals surface area contributed by atoms with Crippen LogP contribution in [0, 0.1) is 5.92 Å². The molecule has 0 aliphatic carbocycles. The molecule has 1 atom stereocenters. The quantitative estimate of drug-likeness (QED) is 0.757. The summed E-state index contributed by atoms with van der Waals surface area (Å²) in [5.41, 5.74) is 3.29. The normalized spacial score (nSPS) is 13.0. The first kappa shape index (κ1) is 16.5. The molecule has 0 fully saturated rings. The van der Waals surface area contributed by atoms with E-state index in [1.165, 1.54) is 0 Å². The van der Waals surface area contributed by atoms with Gasteiger partial charge in [-0.15, -0.1) is 0 Å². The van der Waals surface area contributed by atoms with Crippen LogP contribution in [-0.2, 0) is 4.79 Å². The zero-order chi connectivity index (χ0) is 16.7. The molecule has 0 heterocycles. The molecule has 0 aromatic heterocycles. The van der Waals surface area contributed by atoms with E-state index in [9.17, 15) is 9.90 Å². The summed E-state index contributed by atoms with van der Waals surface area (Å²) in [6.45, 7) is 5.70. The number of aliphatic carboxylic acids is 1. The maximum Gasteiger partial charge on any atom is 0.331 e. The molecule has 23 heavy (non-hydrogen) atoms. The third-order valence-corrected chi connectivity index (χ3v) is 3.63. The fourth-order valence-electron chi connectivity index (χ4n) is 2.26. The van der Waals surface area contributed by atoms with Gasteiger partial charge in [-0.2, -0.15) is 0 Å². The molecular weight excluding hydrogens is 284 g/mol. The maximum atomic E-state index is 11.3. The van der Waals surface area contributed by atoms with Crippen molar-refractivity contribution in [2.75, 3.05) is 0 Å². The van der Waals surface area contributed by atoms with Crippen LogP contribution in [0.2, 0.25) is 0 Å². The minimum absolute atomic E-state index is 0.160. The second-order valence-electron chi connectivity index (χ2n) is 5.34. The van der Waals surface area contributed by atoms with Gasteiger partial charge in [-0.1, -0.05) is 85.5 Å². The molecule has 2 rings (SSSR count). The van der Waals surface area contributed by atoms with E-state index in [-0.39, 0.29) is 11.5 Å². The predicted molar refractivity (Wildman–Crippen MR) is 95.8 cm³/mol. The van der Waals surface area contributed by atoms with Gasteiger partial charge in [-0.05, 0) is 23.6 Å². The Kier molecular flexibility index (Phi) is 5.70. The van der Waals surface area contributed by atoms with Gasteiger partial charge >= 0.3 is 5.97 Å². The van der Waals surface area contributed by atoms with Crippen LogP contribution in [-0.4, -0.2) is 11.1 Å². The highest BCUT2D eigenvalue weighted by Crippen LogP contribution is 2.22. The molecule has 1 unspecified atom stereocenters. The summed E-state index contributed by atoms with van der Waals surface area (Å²) >= 11 is 0. The Labute approximate surface area is 137 Å². The van der Waals surface area contributed by atoms with Crippen molar-refractivity contribution in [1.82, 2.24) is 0 Å². The molecule has 2 aromatic carbocycles. The van der Waals surface area contributed by atoms with Crippen molar-refractivity contribution in [1.29, 1.82) is 0 Å². The standard InChI is InChI=1S/C21H20O2/c1-16(19-11-7-4-8-12-19)15-20(17(2)21(22)23)14-13-18-9-5-3-6-10-18/h3-15,20H,2H2,1H3,(H,22,23). The smallest absolute Gasteiger partial charge is 0.331 e.